The molecule has 0 unspecified atom stereocenters. The largest absolute Gasteiger partial charge is 0.350 e. The van der Waals surface area contributed by atoms with Crippen molar-refractivity contribution in [1.29, 1.82) is 0 Å². The van der Waals surface area contributed by atoms with Gasteiger partial charge in [0, 0.05) is 18.3 Å². The lowest BCUT2D eigenvalue weighted by atomic mass is 10.0. The Morgan fingerprint density at radius 3 is 2.85 bits per heavy atom. The second-order valence-electron chi connectivity index (χ2n) is 4.15. The van der Waals surface area contributed by atoms with Crippen LogP contribution in [-0.4, -0.2) is 22.3 Å². The van der Waals surface area contributed by atoms with Crippen LogP contribution in [0, 0.1) is 0 Å². The van der Waals surface area contributed by atoms with Crippen LogP contribution < -0.4 is 4.90 Å². The Morgan fingerprint density at radius 1 is 1.46 bits per heavy atom. The van der Waals surface area contributed by atoms with Gasteiger partial charge in [-0.1, -0.05) is 0 Å². The Morgan fingerprint density at radius 2 is 2.31 bits per heavy atom. The molecule has 1 saturated heterocycles. The molecule has 0 spiro atoms. The molecule has 1 aromatic heterocycles. The van der Waals surface area contributed by atoms with Crippen LogP contribution >= 0.6 is 0 Å². The van der Waals surface area contributed by atoms with Gasteiger partial charge < -0.3 is 4.90 Å². The molecule has 0 saturated carbocycles. The highest BCUT2D eigenvalue weighted by Crippen LogP contribution is 2.31. The summed E-state index contributed by atoms with van der Waals surface area (Å²) in [4.78, 5) is 2.33. The number of nitrogens with zero attached hydrogens (tertiary/aromatic N) is 3. The molecule has 3 nitrogen and oxygen atoms in total. The maximum absolute atomic E-state index is 4.13. The highest BCUT2D eigenvalue weighted by molar-refractivity contribution is 5.41. The van der Waals surface area contributed by atoms with Gasteiger partial charge in [0.2, 0.25) is 0 Å². The number of hydrogen-bond acceptors (Lipinski definition) is 3. The molecule has 0 radical (unpaired) electrons. The molecule has 1 aliphatic heterocycles. The molecule has 3 heteroatoms. The predicted molar refractivity (Wildman–Crippen MR) is 52.7 cm³/mol. The maximum Gasteiger partial charge on any atom is 0.151 e. The Bertz CT molecular complexity index is 281. The number of hydrogen-bond donors (Lipinski definition) is 0. The second kappa shape index (κ2) is 2.98. The van der Waals surface area contributed by atoms with Crippen LogP contribution in [0.15, 0.2) is 18.3 Å². The van der Waals surface area contributed by atoms with Gasteiger partial charge >= 0.3 is 0 Å². The zero-order chi connectivity index (χ0) is 9.31. The third-order valence-electron chi connectivity index (χ3n) is 2.74. The lowest BCUT2D eigenvalue weighted by Crippen LogP contribution is -2.38. The molecule has 70 valence electrons. The topological polar surface area (TPSA) is 29.0 Å². The van der Waals surface area contributed by atoms with E-state index in [1.54, 1.807) is 6.20 Å². The first kappa shape index (κ1) is 8.48. The van der Waals surface area contributed by atoms with Gasteiger partial charge in [0.1, 0.15) is 0 Å². The molecule has 1 aromatic rings. The average molecular weight is 177 g/mol. The van der Waals surface area contributed by atoms with Crippen molar-refractivity contribution in [3.05, 3.63) is 18.3 Å². The Hall–Kier alpha value is -1.12. The summed E-state index contributed by atoms with van der Waals surface area (Å²) in [6, 6.07) is 3.97. The van der Waals surface area contributed by atoms with Crippen molar-refractivity contribution in [3.63, 3.8) is 0 Å². The monoisotopic (exact) mass is 177 g/mol. The van der Waals surface area contributed by atoms with E-state index in [0.29, 0.717) is 0 Å². The van der Waals surface area contributed by atoms with Crippen molar-refractivity contribution in [2.45, 2.75) is 32.2 Å². The van der Waals surface area contributed by atoms with E-state index in [-0.39, 0.29) is 5.54 Å². The van der Waals surface area contributed by atoms with Crippen molar-refractivity contribution in [2.24, 2.45) is 0 Å². The van der Waals surface area contributed by atoms with E-state index in [0.717, 1.165) is 12.4 Å². The summed E-state index contributed by atoms with van der Waals surface area (Å²) in [6.07, 6.45) is 4.21. The predicted octanol–water partition coefficient (Wildman–Crippen LogP) is 1.86. The summed E-state index contributed by atoms with van der Waals surface area (Å²) in [5.74, 6) is 1.00. The van der Waals surface area contributed by atoms with Crippen LogP contribution in [0.5, 0.6) is 0 Å². The fourth-order valence-electron chi connectivity index (χ4n) is 1.97. The van der Waals surface area contributed by atoms with E-state index in [4.69, 9.17) is 0 Å². The summed E-state index contributed by atoms with van der Waals surface area (Å²) in [5.41, 5.74) is 0.246. The van der Waals surface area contributed by atoms with E-state index in [1.165, 1.54) is 12.8 Å². The van der Waals surface area contributed by atoms with Crippen LogP contribution in [0.25, 0.3) is 0 Å². The first-order valence-electron chi connectivity index (χ1n) is 4.75. The Kier molecular flexibility index (Phi) is 1.94. The van der Waals surface area contributed by atoms with Gasteiger partial charge in [-0.3, -0.25) is 0 Å². The first-order valence-corrected chi connectivity index (χ1v) is 4.75. The zero-order valence-corrected chi connectivity index (χ0v) is 8.20. The standard InChI is InChI=1S/C10H15N3/c1-10(2)6-4-8-13(10)9-5-3-7-11-12-9/h3,5,7H,4,6,8H2,1-2H3. The normalized spacial score (nSPS) is 20.6. The van der Waals surface area contributed by atoms with Crippen molar-refractivity contribution in [2.75, 3.05) is 11.4 Å². The van der Waals surface area contributed by atoms with E-state index in [9.17, 15) is 0 Å². The van der Waals surface area contributed by atoms with E-state index in [2.05, 4.69) is 28.9 Å². The van der Waals surface area contributed by atoms with Gasteiger partial charge in [0.15, 0.2) is 5.82 Å². The van der Waals surface area contributed by atoms with Crippen LogP contribution in [0.4, 0.5) is 5.82 Å². The van der Waals surface area contributed by atoms with Gasteiger partial charge in [-0.25, -0.2) is 0 Å². The van der Waals surface area contributed by atoms with Gasteiger partial charge in [0.05, 0.1) is 0 Å². The van der Waals surface area contributed by atoms with E-state index in [1.807, 2.05) is 12.1 Å². The number of anilines is 1. The van der Waals surface area contributed by atoms with Crippen LogP contribution in [-0.2, 0) is 0 Å². The zero-order valence-electron chi connectivity index (χ0n) is 8.20. The Balaban J connectivity index is 2.27. The van der Waals surface area contributed by atoms with Crippen LogP contribution in [0.2, 0.25) is 0 Å². The van der Waals surface area contributed by atoms with Crippen LogP contribution in [0.3, 0.4) is 0 Å². The van der Waals surface area contributed by atoms with Gasteiger partial charge in [0.25, 0.3) is 0 Å². The lowest BCUT2D eigenvalue weighted by molar-refractivity contribution is 0.512. The van der Waals surface area contributed by atoms with Crippen molar-refractivity contribution >= 4 is 5.82 Å². The molecule has 2 heterocycles. The molecule has 1 aliphatic rings. The van der Waals surface area contributed by atoms with E-state index < -0.39 is 0 Å². The van der Waals surface area contributed by atoms with Gasteiger partial charge in [-0.05, 0) is 38.8 Å². The van der Waals surface area contributed by atoms with Crippen molar-refractivity contribution < 1.29 is 0 Å². The average Bonchev–Trinajstić information content (AvgIpc) is 2.47. The molecule has 1 fully saturated rings. The minimum absolute atomic E-state index is 0.246. The highest BCUT2D eigenvalue weighted by Gasteiger charge is 2.32. The fourth-order valence-corrected chi connectivity index (χ4v) is 1.97. The molecule has 0 aliphatic carbocycles. The molecule has 0 amide bonds. The molecular weight excluding hydrogens is 162 g/mol. The minimum Gasteiger partial charge on any atom is -0.350 e. The molecule has 0 aromatic carbocycles. The van der Waals surface area contributed by atoms with Crippen LogP contribution in [0.1, 0.15) is 26.7 Å². The second-order valence-corrected chi connectivity index (χ2v) is 4.15. The fraction of sp³-hybridized carbons (Fsp3) is 0.600. The summed E-state index contributed by atoms with van der Waals surface area (Å²) in [7, 11) is 0. The Labute approximate surface area is 78.8 Å². The molecule has 2 rings (SSSR count). The number of rotatable bonds is 1. The lowest BCUT2D eigenvalue weighted by Gasteiger charge is -2.32. The molecule has 13 heavy (non-hydrogen) atoms. The van der Waals surface area contributed by atoms with Gasteiger partial charge in [-0.2, -0.15) is 5.10 Å². The van der Waals surface area contributed by atoms with E-state index >= 15 is 0 Å². The molecule has 0 bridgehead atoms. The van der Waals surface area contributed by atoms with Crippen molar-refractivity contribution in [1.82, 2.24) is 10.2 Å². The first-order chi connectivity index (χ1) is 6.20. The summed E-state index contributed by atoms with van der Waals surface area (Å²) in [5, 5.41) is 8.04. The van der Waals surface area contributed by atoms with Gasteiger partial charge in [-0.15, -0.1) is 5.10 Å². The SMILES string of the molecule is CC1(C)CCCN1c1cccnn1. The molecular formula is C10H15N3. The third-order valence-corrected chi connectivity index (χ3v) is 2.74. The third kappa shape index (κ3) is 1.50. The van der Waals surface area contributed by atoms with Crippen molar-refractivity contribution in [3.8, 4) is 0 Å². The summed E-state index contributed by atoms with van der Waals surface area (Å²) in [6.45, 7) is 5.62. The summed E-state index contributed by atoms with van der Waals surface area (Å²) >= 11 is 0. The number of aromatic nitrogens is 2. The minimum atomic E-state index is 0.246. The smallest absolute Gasteiger partial charge is 0.151 e. The highest BCUT2D eigenvalue weighted by atomic mass is 15.3. The molecule has 0 atom stereocenters. The summed E-state index contributed by atoms with van der Waals surface area (Å²) < 4.78 is 0. The molecule has 0 N–H and O–H groups in total. The maximum atomic E-state index is 4.13. The quantitative estimate of drug-likeness (QED) is 0.655.